The predicted octanol–water partition coefficient (Wildman–Crippen LogP) is 1.38. The molecule has 12 heavy (non-hydrogen) atoms. The Bertz CT molecular complexity index is 320. The van der Waals surface area contributed by atoms with Crippen molar-refractivity contribution in [1.29, 1.82) is 0 Å². The summed E-state index contributed by atoms with van der Waals surface area (Å²) < 4.78 is 13.0. The van der Waals surface area contributed by atoms with E-state index in [1.165, 1.54) is 12.1 Å². The zero-order valence-corrected chi connectivity index (χ0v) is 6.85. The van der Waals surface area contributed by atoms with E-state index < -0.39 is 5.82 Å². The number of hydrogen-bond donors (Lipinski definition) is 2. The Morgan fingerprint density at radius 3 is 2.67 bits per heavy atom. The molecule has 4 N–H and O–H groups in total. The van der Waals surface area contributed by atoms with Crippen LogP contribution in [0, 0.1) is 5.82 Å². The van der Waals surface area contributed by atoms with E-state index in [-0.39, 0.29) is 16.7 Å². The van der Waals surface area contributed by atoms with Crippen LogP contribution in [-0.4, -0.2) is 5.96 Å². The zero-order valence-electron chi connectivity index (χ0n) is 6.09. The van der Waals surface area contributed by atoms with E-state index in [9.17, 15) is 4.39 Å². The van der Waals surface area contributed by atoms with Crippen molar-refractivity contribution in [1.82, 2.24) is 0 Å². The maximum Gasteiger partial charge on any atom is 0.191 e. The van der Waals surface area contributed by atoms with Gasteiger partial charge in [0.05, 0.1) is 5.02 Å². The van der Waals surface area contributed by atoms with Crippen LogP contribution in [0.15, 0.2) is 23.2 Å². The molecule has 0 radical (unpaired) electrons. The second-order valence-corrected chi connectivity index (χ2v) is 2.52. The molecule has 1 aromatic carbocycles. The van der Waals surface area contributed by atoms with Gasteiger partial charge in [0, 0.05) is 0 Å². The van der Waals surface area contributed by atoms with Crippen LogP contribution in [0.2, 0.25) is 5.02 Å². The lowest BCUT2D eigenvalue weighted by molar-refractivity contribution is 0.630. The fourth-order valence-electron chi connectivity index (χ4n) is 0.718. The van der Waals surface area contributed by atoms with Crippen molar-refractivity contribution < 1.29 is 4.39 Å². The van der Waals surface area contributed by atoms with E-state index in [2.05, 4.69) is 4.99 Å². The van der Waals surface area contributed by atoms with Crippen molar-refractivity contribution in [3.63, 3.8) is 0 Å². The normalized spacial score (nSPS) is 9.50. The molecule has 0 heterocycles. The van der Waals surface area contributed by atoms with Gasteiger partial charge in [-0.05, 0) is 12.1 Å². The predicted molar refractivity (Wildman–Crippen MR) is 46.9 cm³/mol. The van der Waals surface area contributed by atoms with Crippen molar-refractivity contribution in [3.05, 3.63) is 29.0 Å². The van der Waals surface area contributed by atoms with Crippen LogP contribution in [0.1, 0.15) is 0 Å². The highest BCUT2D eigenvalue weighted by Gasteiger charge is 2.04. The van der Waals surface area contributed by atoms with Gasteiger partial charge in [0.2, 0.25) is 0 Å². The minimum absolute atomic E-state index is 0.00231. The lowest BCUT2D eigenvalue weighted by Gasteiger charge is -1.98. The largest absolute Gasteiger partial charge is 0.370 e. The summed E-state index contributed by atoms with van der Waals surface area (Å²) in [5.41, 5.74) is 10.2. The molecule has 1 aromatic rings. The van der Waals surface area contributed by atoms with Crippen LogP contribution in [0.5, 0.6) is 0 Å². The molecule has 0 spiro atoms. The van der Waals surface area contributed by atoms with Gasteiger partial charge in [0.15, 0.2) is 11.8 Å². The summed E-state index contributed by atoms with van der Waals surface area (Å²) in [6.45, 7) is 0. The number of nitrogens with two attached hydrogens (primary N) is 2. The van der Waals surface area contributed by atoms with Crippen molar-refractivity contribution in [2.75, 3.05) is 0 Å². The fraction of sp³-hybridized carbons (Fsp3) is 0. The lowest BCUT2D eigenvalue weighted by atomic mass is 10.3. The van der Waals surface area contributed by atoms with E-state index in [4.69, 9.17) is 23.1 Å². The number of guanidine groups is 1. The van der Waals surface area contributed by atoms with Crippen molar-refractivity contribution in [3.8, 4) is 0 Å². The topological polar surface area (TPSA) is 64.4 Å². The van der Waals surface area contributed by atoms with Crippen LogP contribution in [0.4, 0.5) is 10.1 Å². The Morgan fingerprint density at radius 1 is 1.42 bits per heavy atom. The minimum Gasteiger partial charge on any atom is -0.370 e. The minimum atomic E-state index is -0.618. The van der Waals surface area contributed by atoms with Gasteiger partial charge in [-0.2, -0.15) is 0 Å². The van der Waals surface area contributed by atoms with E-state index in [0.29, 0.717) is 0 Å². The molecule has 0 aliphatic heterocycles. The van der Waals surface area contributed by atoms with E-state index >= 15 is 0 Å². The first-order valence-corrected chi connectivity index (χ1v) is 3.52. The highest BCUT2D eigenvalue weighted by molar-refractivity contribution is 6.31. The molecule has 5 heteroatoms. The van der Waals surface area contributed by atoms with Crippen LogP contribution in [-0.2, 0) is 0 Å². The lowest BCUT2D eigenvalue weighted by Crippen LogP contribution is -2.22. The Labute approximate surface area is 73.8 Å². The molecular weight excluding hydrogens is 181 g/mol. The Hall–Kier alpha value is -1.29. The van der Waals surface area contributed by atoms with Crippen molar-refractivity contribution >= 4 is 23.2 Å². The first kappa shape index (κ1) is 8.80. The number of rotatable bonds is 1. The van der Waals surface area contributed by atoms with Crippen LogP contribution < -0.4 is 11.5 Å². The van der Waals surface area contributed by atoms with E-state index in [1.807, 2.05) is 0 Å². The molecule has 0 aliphatic carbocycles. The highest BCUT2D eigenvalue weighted by atomic mass is 35.5. The molecule has 1 rings (SSSR count). The van der Waals surface area contributed by atoms with Gasteiger partial charge >= 0.3 is 0 Å². The molecule has 0 saturated carbocycles. The van der Waals surface area contributed by atoms with Crippen molar-refractivity contribution in [2.24, 2.45) is 16.5 Å². The Balaban J connectivity index is 3.17. The van der Waals surface area contributed by atoms with Crippen LogP contribution in [0.25, 0.3) is 0 Å². The molecule has 0 bridgehead atoms. The van der Waals surface area contributed by atoms with E-state index in [1.54, 1.807) is 6.07 Å². The second-order valence-electron chi connectivity index (χ2n) is 2.11. The van der Waals surface area contributed by atoms with Crippen molar-refractivity contribution in [2.45, 2.75) is 0 Å². The van der Waals surface area contributed by atoms with Gasteiger partial charge < -0.3 is 11.5 Å². The van der Waals surface area contributed by atoms with Gasteiger partial charge in [0.25, 0.3) is 0 Å². The summed E-state index contributed by atoms with van der Waals surface area (Å²) in [6.07, 6.45) is 0. The average Bonchev–Trinajstić information content (AvgIpc) is 1.98. The maximum absolute atomic E-state index is 13.0. The van der Waals surface area contributed by atoms with Gasteiger partial charge in [-0.1, -0.05) is 17.7 Å². The third kappa shape index (κ3) is 1.85. The molecule has 0 aromatic heterocycles. The quantitative estimate of drug-likeness (QED) is 0.516. The summed E-state index contributed by atoms with van der Waals surface area (Å²) in [5.74, 6) is -0.816. The number of aliphatic imine (C=N–C) groups is 1. The number of benzene rings is 1. The average molecular weight is 188 g/mol. The second kappa shape index (κ2) is 3.40. The first-order chi connectivity index (χ1) is 5.61. The van der Waals surface area contributed by atoms with Gasteiger partial charge in [-0.3, -0.25) is 0 Å². The van der Waals surface area contributed by atoms with Gasteiger partial charge in [-0.15, -0.1) is 0 Å². The molecule has 0 saturated heterocycles. The molecule has 3 nitrogen and oxygen atoms in total. The summed E-state index contributed by atoms with van der Waals surface area (Å²) >= 11 is 5.47. The molecule has 0 atom stereocenters. The summed E-state index contributed by atoms with van der Waals surface area (Å²) in [4.78, 5) is 3.53. The molecule has 0 aliphatic rings. The molecule has 0 unspecified atom stereocenters. The molecule has 0 fully saturated rings. The fourth-order valence-corrected chi connectivity index (χ4v) is 0.887. The first-order valence-electron chi connectivity index (χ1n) is 3.15. The smallest absolute Gasteiger partial charge is 0.191 e. The number of hydrogen-bond acceptors (Lipinski definition) is 1. The third-order valence-corrected chi connectivity index (χ3v) is 1.47. The summed E-state index contributed by atoms with van der Waals surface area (Å²) in [5, 5.41) is -0.00231. The molecule has 0 amide bonds. The van der Waals surface area contributed by atoms with Gasteiger partial charge in [-0.25, -0.2) is 9.38 Å². The van der Waals surface area contributed by atoms with Crippen LogP contribution >= 0.6 is 11.6 Å². The Kier molecular flexibility index (Phi) is 2.50. The Morgan fingerprint density at radius 2 is 2.08 bits per heavy atom. The SMILES string of the molecule is NC(N)=Nc1cccc(Cl)c1F. The maximum atomic E-state index is 13.0. The van der Waals surface area contributed by atoms with Crippen LogP contribution in [0.3, 0.4) is 0 Å². The molecule has 64 valence electrons. The van der Waals surface area contributed by atoms with E-state index in [0.717, 1.165) is 0 Å². The monoisotopic (exact) mass is 187 g/mol. The summed E-state index contributed by atoms with van der Waals surface area (Å²) in [6, 6.07) is 4.41. The third-order valence-electron chi connectivity index (χ3n) is 1.18. The number of nitrogens with zero attached hydrogens (tertiary/aromatic N) is 1. The molecular formula is C7H7ClFN3. The zero-order chi connectivity index (χ0) is 9.14. The summed E-state index contributed by atoms with van der Waals surface area (Å²) in [7, 11) is 0. The van der Waals surface area contributed by atoms with Gasteiger partial charge in [0.1, 0.15) is 5.69 Å². The highest BCUT2D eigenvalue weighted by Crippen LogP contribution is 2.23. The standard InChI is InChI=1S/C7H7ClFN3/c8-4-2-1-3-5(6(4)9)12-7(10)11/h1-3H,(H4,10,11,12). The number of halogens is 2.